The Balaban J connectivity index is 1.96. The van der Waals surface area contributed by atoms with Gasteiger partial charge < -0.3 is 15.2 Å². The molecule has 2 N–H and O–H groups in total. The predicted octanol–water partition coefficient (Wildman–Crippen LogP) is 3.98. The summed E-state index contributed by atoms with van der Waals surface area (Å²) in [7, 11) is 0. The van der Waals surface area contributed by atoms with Gasteiger partial charge in [-0.25, -0.2) is 9.59 Å². The van der Waals surface area contributed by atoms with Crippen LogP contribution in [0.15, 0.2) is 12.7 Å². The third-order valence-corrected chi connectivity index (χ3v) is 5.57. The minimum atomic E-state index is -1.03. The molecule has 5 unspecified atom stereocenters. The molecule has 2 saturated carbocycles. The molecule has 0 heterocycles. The van der Waals surface area contributed by atoms with Gasteiger partial charge in [0.15, 0.2) is 0 Å². The van der Waals surface area contributed by atoms with E-state index in [0.29, 0.717) is 17.8 Å². The number of amides is 1. The van der Waals surface area contributed by atoms with E-state index < -0.39 is 23.5 Å². The van der Waals surface area contributed by atoms with Gasteiger partial charge in [-0.3, -0.25) is 0 Å². The first-order chi connectivity index (χ1) is 11.2. The number of ether oxygens (including phenoxy) is 1. The molecule has 136 valence electrons. The predicted molar refractivity (Wildman–Crippen MR) is 92.7 cm³/mol. The summed E-state index contributed by atoms with van der Waals surface area (Å²) in [5.74, 6) is 0.463. The molecule has 5 atom stereocenters. The maximum atomic E-state index is 12.3. The van der Waals surface area contributed by atoms with Crippen molar-refractivity contribution in [1.29, 1.82) is 0 Å². The number of hydrogen-bond acceptors (Lipinski definition) is 3. The van der Waals surface area contributed by atoms with Crippen molar-refractivity contribution >= 4 is 12.1 Å². The molecule has 0 aliphatic heterocycles. The standard InChI is InChI=1S/C19H31NO4/c1-5-6-7-8-14-12-9-10-13(11-12)15(14)24-18(23)20-16(17(21)22)19(2,3)4/h5,12-16H,1,6-11H2,2-4H3,(H,20,23)(H,21,22). The quantitative estimate of drug-likeness (QED) is 0.544. The smallest absolute Gasteiger partial charge is 0.408 e. The molecular formula is C19H31NO4. The number of carbonyl (C=O) groups is 2. The van der Waals surface area contributed by atoms with E-state index in [-0.39, 0.29) is 6.10 Å². The van der Waals surface area contributed by atoms with Gasteiger partial charge in [0.2, 0.25) is 0 Å². The van der Waals surface area contributed by atoms with Crippen molar-refractivity contribution in [3.05, 3.63) is 12.7 Å². The highest BCUT2D eigenvalue weighted by Crippen LogP contribution is 2.51. The number of carboxylic acids is 1. The van der Waals surface area contributed by atoms with E-state index in [9.17, 15) is 14.7 Å². The number of hydrogen-bond donors (Lipinski definition) is 2. The summed E-state index contributed by atoms with van der Waals surface area (Å²) in [6, 6.07) is -0.956. The Labute approximate surface area is 144 Å². The van der Waals surface area contributed by atoms with Crippen LogP contribution in [0.25, 0.3) is 0 Å². The number of alkyl carbamates (subject to hydrolysis) is 1. The second kappa shape index (κ2) is 7.58. The van der Waals surface area contributed by atoms with Crippen LogP contribution < -0.4 is 5.32 Å². The van der Waals surface area contributed by atoms with Gasteiger partial charge in [0, 0.05) is 0 Å². The van der Waals surface area contributed by atoms with Crippen molar-refractivity contribution in [2.24, 2.45) is 23.2 Å². The van der Waals surface area contributed by atoms with Crippen LogP contribution in [0.2, 0.25) is 0 Å². The van der Waals surface area contributed by atoms with Crippen LogP contribution in [0.5, 0.6) is 0 Å². The average Bonchev–Trinajstić information content (AvgIpc) is 3.06. The number of rotatable bonds is 7. The summed E-state index contributed by atoms with van der Waals surface area (Å²) in [6.07, 6.45) is 7.84. The van der Waals surface area contributed by atoms with Crippen molar-refractivity contribution in [2.75, 3.05) is 0 Å². The van der Waals surface area contributed by atoms with Gasteiger partial charge >= 0.3 is 12.1 Å². The van der Waals surface area contributed by atoms with Crippen molar-refractivity contribution in [3.63, 3.8) is 0 Å². The molecule has 5 nitrogen and oxygen atoms in total. The minimum absolute atomic E-state index is 0.0667. The lowest BCUT2D eigenvalue weighted by Gasteiger charge is -2.32. The van der Waals surface area contributed by atoms with E-state index in [0.717, 1.165) is 32.1 Å². The second-order valence-electron chi connectivity index (χ2n) is 8.37. The van der Waals surface area contributed by atoms with Gasteiger partial charge in [0.25, 0.3) is 0 Å². The Morgan fingerprint density at radius 2 is 2.00 bits per heavy atom. The van der Waals surface area contributed by atoms with Crippen LogP contribution >= 0.6 is 0 Å². The fraction of sp³-hybridized carbons (Fsp3) is 0.789. The largest absolute Gasteiger partial charge is 0.480 e. The highest BCUT2D eigenvalue weighted by atomic mass is 16.6. The number of fused-ring (bicyclic) bond motifs is 2. The van der Waals surface area contributed by atoms with Crippen LogP contribution in [0.4, 0.5) is 4.79 Å². The van der Waals surface area contributed by atoms with E-state index >= 15 is 0 Å². The molecule has 0 radical (unpaired) electrons. The highest BCUT2D eigenvalue weighted by molar-refractivity contribution is 5.80. The summed E-state index contributed by atoms with van der Waals surface area (Å²) in [6.45, 7) is 9.14. The van der Waals surface area contributed by atoms with Crippen molar-refractivity contribution in [1.82, 2.24) is 5.32 Å². The molecule has 5 heteroatoms. The fourth-order valence-corrected chi connectivity index (χ4v) is 4.36. The molecule has 0 aromatic rings. The van der Waals surface area contributed by atoms with Crippen LogP contribution in [-0.2, 0) is 9.53 Å². The molecule has 0 aromatic heterocycles. The van der Waals surface area contributed by atoms with Gasteiger partial charge in [-0.1, -0.05) is 26.8 Å². The SMILES string of the molecule is C=CCCCC1C2CCC(C2)C1OC(=O)NC(C(=O)O)C(C)(C)C. The number of carboxylic acid groups (broad SMARTS) is 1. The summed E-state index contributed by atoms with van der Waals surface area (Å²) in [4.78, 5) is 23.7. The average molecular weight is 337 g/mol. The third-order valence-electron chi connectivity index (χ3n) is 5.57. The lowest BCUT2D eigenvalue weighted by Crippen LogP contribution is -2.50. The molecule has 1 amide bonds. The van der Waals surface area contributed by atoms with Gasteiger partial charge in [-0.05, 0) is 61.7 Å². The fourth-order valence-electron chi connectivity index (χ4n) is 4.36. The molecule has 2 aliphatic carbocycles. The maximum absolute atomic E-state index is 12.3. The lowest BCUT2D eigenvalue weighted by atomic mass is 9.83. The van der Waals surface area contributed by atoms with Crippen molar-refractivity contribution in [3.8, 4) is 0 Å². The van der Waals surface area contributed by atoms with Crippen LogP contribution in [0, 0.1) is 23.2 Å². The Morgan fingerprint density at radius 1 is 1.33 bits per heavy atom. The summed E-state index contributed by atoms with van der Waals surface area (Å²) >= 11 is 0. The number of aliphatic carboxylic acids is 1. The maximum Gasteiger partial charge on any atom is 0.408 e. The number of unbranched alkanes of at least 4 members (excludes halogenated alkanes) is 1. The van der Waals surface area contributed by atoms with E-state index in [2.05, 4.69) is 11.9 Å². The number of carbonyl (C=O) groups excluding carboxylic acids is 1. The molecule has 2 bridgehead atoms. The Morgan fingerprint density at radius 3 is 2.58 bits per heavy atom. The van der Waals surface area contributed by atoms with Crippen molar-refractivity contribution in [2.45, 2.75) is 71.4 Å². The monoisotopic (exact) mass is 337 g/mol. The van der Waals surface area contributed by atoms with Gasteiger partial charge in [-0.2, -0.15) is 0 Å². The van der Waals surface area contributed by atoms with E-state index in [1.807, 2.05) is 6.08 Å². The number of nitrogens with one attached hydrogen (secondary N) is 1. The molecule has 2 aliphatic rings. The van der Waals surface area contributed by atoms with Gasteiger partial charge in [0.1, 0.15) is 12.1 Å². The van der Waals surface area contributed by atoms with Crippen LogP contribution in [-0.4, -0.2) is 29.3 Å². The van der Waals surface area contributed by atoms with Gasteiger partial charge in [0.05, 0.1) is 0 Å². The zero-order valence-corrected chi connectivity index (χ0v) is 15.1. The minimum Gasteiger partial charge on any atom is -0.480 e. The van der Waals surface area contributed by atoms with E-state index in [1.54, 1.807) is 20.8 Å². The summed E-state index contributed by atoms with van der Waals surface area (Å²) < 4.78 is 5.73. The third kappa shape index (κ3) is 4.31. The summed E-state index contributed by atoms with van der Waals surface area (Å²) in [5.41, 5.74) is -0.567. The molecule has 24 heavy (non-hydrogen) atoms. The Hall–Kier alpha value is -1.52. The highest BCUT2D eigenvalue weighted by Gasteiger charge is 2.49. The van der Waals surface area contributed by atoms with E-state index in [1.165, 1.54) is 6.42 Å². The van der Waals surface area contributed by atoms with E-state index in [4.69, 9.17) is 4.74 Å². The summed E-state index contributed by atoms with van der Waals surface area (Å²) in [5, 5.41) is 11.9. The lowest BCUT2D eigenvalue weighted by molar-refractivity contribution is -0.142. The Kier molecular flexibility index (Phi) is 5.94. The zero-order valence-electron chi connectivity index (χ0n) is 15.1. The first-order valence-corrected chi connectivity index (χ1v) is 9.05. The second-order valence-corrected chi connectivity index (χ2v) is 8.37. The molecule has 2 fully saturated rings. The first kappa shape index (κ1) is 18.8. The zero-order chi connectivity index (χ0) is 17.9. The molecule has 0 aromatic carbocycles. The van der Waals surface area contributed by atoms with Gasteiger partial charge in [-0.15, -0.1) is 6.58 Å². The molecule has 2 rings (SSSR count). The molecule has 0 spiro atoms. The first-order valence-electron chi connectivity index (χ1n) is 9.05. The normalized spacial score (nSPS) is 30.0. The Bertz CT molecular complexity index is 482. The number of allylic oxidation sites excluding steroid dienone is 1. The van der Waals surface area contributed by atoms with Crippen LogP contribution in [0.1, 0.15) is 59.3 Å². The van der Waals surface area contributed by atoms with Crippen LogP contribution in [0.3, 0.4) is 0 Å². The molecular weight excluding hydrogens is 306 g/mol. The topological polar surface area (TPSA) is 75.6 Å². The molecule has 0 saturated heterocycles. The van der Waals surface area contributed by atoms with Crippen molar-refractivity contribution < 1.29 is 19.4 Å².